The van der Waals surface area contributed by atoms with Crippen molar-refractivity contribution in [2.75, 3.05) is 6.26 Å². The van der Waals surface area contributed by atoms with Gasteiger partial charge in [0.05, 0.1) is 16.4 Å². The lowest BCUT2D eigenvalue weighted by Crippen LogP contribution is -2.34. The van der Waals surface area contributed by atoms with Crippen molar-refractivity contribution in [3.8, 4) is 28.1 Å². The van der Waals surface area contributed by atoms with Crippen molar-refractivity contribution in [3.63, 3.8) is 0 Å². The molecule has 4 aromatic rings. The smallest absolute Gasteiger partial charge is 0.249 e. The number of halogens is 7. The molecule has 0 saturated carbocycles. The van der Waals surface area contributed by atoms with Crippen molar-refractivity contribution in [3.05, 3.63) is 84.2 Å². The number of rotatable bonds is 5. The summed E-state index contributed by atoms with van der Waals surface area (Å²) in [5, 5.41) is 4.25. The SMILES string of the molecule is CSc1ccc(-c2cccc(-n3nc(C(F)(F)C(F)(F)F)cc3-c3ccc(F)cc3F)c2)cn1. The minimum absolute atomic E-state index is 0.0920. The van der Waals surface area contributed by atoms with Crippen molar-refractivity contribution in [2.45, 2.75) is 17.1 Å². The predicted molar refractivity (Wildman–Crippen MR) is 114 cm³/mol. The van der Waals surface area contributed by atoms with Crippen LogP contribution in [0.1, 0.15) is 5.69 Å². The van der Waals surface area contributed by atoms with Gasteiger partial charge in [0, 0.05) is 23.4 Å². The number of alkyl halides is 5. The van der Waals surface area contributed by atoms with E-state index in [2.05, 4.69) is 10.1 Å². The van der Waals surface area contributed by atoms with E-state index in [0.29, 0.717) is 23.3 Å². The molecule has 11 heteroatoms. The molecular formula is C23H14F7N3S. The standard InChI is InChI=1S/C23H14F7N3S/c1-34-21-8-5-14(12-31-21)13-3-2-4-16(9-13)33-19(17-7-6-15(24)10-18(17)25)11-20(32-33)22(26,27)23(28,29)30/h2-12H,1H3. The summed E-state index contributed by atoms with van der Waals surface area (Å²) in [5.41, 5.74) is -1.09. The molecule has 3 nitrogen and oxygen atoms in total. The molecule has 0 spiro atoms. The maximum atomic E-state index is 14.5. The number of aromatic nitrogens is 3. The fraction of sp³-hybridized carbons (Fsp3) is 0.130. The molecule has 2 heterocycles. The molecule has 0 aliphatic heterocycles. The van der Waals surface area contributed by atoms with Crippen molar-refractivity contribution < 1.29 is 30.7 Å². The molecule has 4 rings (SSSR count). The molecule has 0 unspecified atom stereocenters. The summed E-state index contributed by atoms with van der Waals surface area (Å²) in [4.78, 5) is 4.26. The van der Waals surface area contributed by atoms with Crippen molar-refractivity contribution in [1.29, 1.82) is 0 Å². The summed E-state index contributed by atoms with van der Waals surface area (Å²) in [5.74, 6) is -7.37. The van der Waals surface area contributed by atoms with Crippen LogP contribution in [0.4, 0.5) is 30.7 Å². The molecule has 0 aliphatic carbocycles. The van der Waals surface area contributed by atoms with Crippen LogP contribution < -0.4 is 0 Å². The summed E-state index contributed by atoms with van der Waals surface area (Å²) < 4.78 is 95.9. The summed E-state index contributed by atoms with van der Waals surface area (Å²) >= 11 is 1.43. The van der Waals surface area contributed by atoms with E-state index in [1.165, 1.54) is 23.9 Å². The highest BCUT2D eigenvalue weighted by Gasteiger charge is 2.60. The minimum Gasteiger partial charge on any atom is -0.249 e. The summed E-state index contributed by atoms with van der Waals surface area (Å²) in [6, 6.07) is 12.4. The highest BCUT2D eigenvalue weighted by atomic mass is 32.2. The van der Waals surface area contributed by atoms with E-state index >= 15 is 0 Å². The monoisotopic (exact) mass is 497 g/mol. The van der Waals surface area contributed by atoms with Gasteiger partial charge in [0.1, 0.15) is 17.3 Å². The van der Waals surface area contributed by atoms with Crippen molar-refractivity contribution in [1.82, 2.24) is 14.8 Å². The lowest BCUT2D eigenvalue weighted by Gasteiger charge is -2.16. The maximum absolute atomic E-state index is 14.5. The second-order valence-electron chi connectivity index (χ2n) is 7.16. The number of hydrogen-bond donors (Lipinski definition) is 0. The van der Waals surface area contributed by atoms with E-state index in [9.17, 15) is 30.7 Å². The Morgan fingerprint density at radius 3 is 2.24 bits per heavy atom. The molecule has 2 aromatic heterocycles. The van der Waals surface area contributed by atoms with E-state index in [-0.39, 0.29) is 5.69 Å². The number of thioether (sulfide) groups is 1. The zero-order valence-corrected chi connectivity index (χ0v) is 18.1. The molecular weight excluding hydrogens is 483 g/mol. The molecule has 34 heavy (non-hydrogen) atoms. The Morgan fingerprint density at radius 2 is 1.62 bits per heavy atom. The zero-order valence-electron chi connectivity index (χ0n) is 17.2. The topological polar surface area (TPSA) is 30.7 Å². The van der Waals surface area contributed by atoms with Gasteiger partial charge in [-0.15, -0.1) is 11.8 Å². The van der Waals surface area contributed by atoms with E-state index in [1.807, 2.05) is 6.26 Å². The molecule has 0 saturated heterocycles. The van der Waals surface area contributed by atoms with Gasteiger partial charge in [-0.3, -0.25) is 0 Å². The Balaban J connectivity index is 1.90. The molecule has 0 bridgehead atoms. The Labute approximate surface area is 193 Å². The fourth-order valence-electron chi connectivity index (χ4n) is 3.25. The Hall–Kier alpha value is -3.34. The van der Waals surface area contributed by atoms with Gasteiger partial charge in [0.2, 0.25) is 0 Å². The maximum Gasteiger partial charge on any atom is 0.459 e. The largest absolute Gasteiger partial charge is 0.459 e. The average molecular weight is 497 g/mol. The average Bonchev–Trinajstić information content (AvgIpc) is 3.24. The third kappa shape index (κ3) is 4.39. The summed E-state index contributed by atoms with van der Waals surface area (Å²) in [6.45, 7) is 0. The number of nitrogens with zero attached hydrogens (tertiary/aromatic N) is 3. The second kappa shape index (κ2) is 8.79. The van der Waals surface area contributed by atoms with Gasteiger partial charge >= 0.3 is 12.1 Å². The third-order valence-electron chi connectivity index (χ3n) is 4.96. The first kappa shape index (κ1) is 23.8. The van der Waals surface area contributed by atoms with E-state index in [1.54, 1.807) is 30.5 Å². The van der Waals surface area contributed by atoms with Crippen LogP contribution in [0.5, 0.6) is 0 Å². The van der Waals surface area contributed by atoms with Gasteiger partial charge in [-0.25, -0.2) is 18.4 Å². The molecule has 0 N–H and O–H groups in total. The fourth-order valence-corrected chi connectivity index (χ4v) is 3.62. The molecule has 0 aliphatic rings. The van der Waals surface area contributed by atoms with Crippen LogP contribution in [0, 0.1) is 11.6 Å². The van der Waals surface area contributed by atoms with E-state index < -0.39 is 40.7 Å². The van der Waals surface area contributed by atoms with Crippen LogP contribution in [-0.4, -0.2) is 27.2 Å². The first-order valence-electron chi connectivity index (χ1n) is 9.62. The molecule has 0 fully saturated rings. The lowest BCUT2D eigenvalue weighted by atomic mass is 10.1. The molecule has 0 atom stereocenters. The predicted octanol–water partition coefficient (Wildman–Crippen LogP) is 7.26. The van der Waals surface area contributed by atoms with Crippen molar-refractivity contribution >= 4 is 11.8 Å². The molecule has 176 valence electrons. The van der Waals surface area contributed by atoms with Crippen molar-refractivity contribution in [2.24, 2.45) is 0 Å². The van der Waals surface area contributed by atoms with Crippen LogP contribution in [0.15, 0.2) is 71.9 Å². The Bertz CT molecular complexity index is 1330. The Morgan fingerprint density at radius 1 is 0.853 bits per heavy atom. The third-order valence-corrected chi connectivity index (χ3v) is 5.62. The Kier molecular flexibility index (Phi) is 6.15. The first-order chi connectivity index (χ1) is 16.0. The number of pyridine rings is 1. The molecule has 0 amide bonds. The normalized spacial score (nSPS) is 12.2. The van der Waals surface area contributed by atoms with Gasteiger partial charge in [-0.05, 0) is 48.2 Å². The number of hydrogen-bond acceptors (Lipinski definition) is 3. The second-order valence-corrected chi connectivity index (χ2v) is 7.99. The highest BCUT2D eigenvalue weighted by Crippen LogP contribution is 2.44. The van der Waals surface area contributed by atoms with Crippen LogP contribution in [0.3, 0.4) is 0 Å². The van der Waals surface area contributed by atoms with E-state index in [4.69, 9.17) is 0 Å². The van der Waals surface area contributed by atoms with Gasteiger partial charge in [-0.2, -0.15) is 27.1 Å². The first-order valence-corrected chi connectivity index (χ1v) is 10.8. The van der Waals surface area contributed by atoms with Crippen LogP contribution >= 0.6 is 11.8 Å². The minimum atomic E-state index is -5.92. The summed E-state index contributed by atoms with van der Waals surface area (Å²) in [6.07, 6.45) is -2.49. The van der Waals surface area contributed by atoms with Gasteiger partial charge in [-0.1, -0.05) is 18.2 Å². The highest BCUT2D eigenvalue weighted by molar-refractivity contribution is 7.98. The van der Waals surface area contributed by atoms with Crippen LogP contribution in [-0.2, 0) is 5.92 Å². The molecule has 0 radical (unpaired) electrons. The van der Waals surface area contributed by atoms with Gasteiger partial charge in [0.25, 0.3) is 0 Å². The number of benzene rings is 2. The quantitative estimate of drug-likeness (QED) is 0.215. The lowest BCUT2D eigenvalue weighted by molar-refractivity contribution is -0.291. The van der Waals surface area contributed by atoms with Gasteiger partial charge < -0.3 is 0 Å². The summed E-state index contributed by atoms with van der Waals surface area (Å²) in [7, 11) is 0. The van der Waals surface area contributed by atoms with Gasteiger partial charge in [0.15, 0.2) is 0 Å². The van der Waals surface area contributed by atoms with Crippen LogP contribution in [0.2, 0.25) is 0 Å². The van der Waals surface area contributed by atoms with E-state index in [0.717, 1.165) is 21.8 Å². The zero-order chi connectivity index (χ0) is 24.7. The molecule has 2 aromatic carbocycles. The van der Waals surface area contributed by atoms with Crippen LogP contribution in [0.25, 0.3) is 28.1 Å².